The van der Waals surface area contributed by atoms with Crippen LogP contribution in [0.3, 0.4) is 0 Å². The Hall–Kier alpha value is -1.82. The lowest BCUT2D eigenvalue weighted by Gasteiger charge is -2.20. The first-order chi connectivity index (χ1) is 11.6. The molecule has 2 fully saturated rings. The number of rotatable bonds is 6. The Morgan fingerprint density at radius 3 is 2.46 bits per heavy atom. The zero-order valence-electron chi connectivity index (χ0n) is 14.1. The van der Waals surface area contributed by atoms with Gasteiger partial charge in [-0.05, 0) is 31.2 Å². The molecule has 2 saturated carbocycles. The summed E-state index contributed by atoms with van der Waals surface area (Å²) in [5, 5.41) is 9.52. The van der Waals surface area contributed by atoms with Crippen LogP contribution in [0.15, 0.2) is 35.5 Å². The highest BCUT2D eigenvalue weighted by atomic mass is 32.2. The maximum absolute atomic E-state index is 12.7. The van der Waals surface area contributed by atoms with Crippen molar-refractivity contribution < 1.29 is 4.79 Å². The van der Waals surface area contributed by atoms with E-state index in [1.807, 2.05) is 30.3 Å². The van der Waals surface area contributed by atoms with Gasteiger partial charge in [-0.25, -0.2) is 0 Å². The van der Waals surface area contributed by atoms with Gasteiger partial charge in [-0.1, -0.05) is 42.1 Å². The molecule has 1 aromatic carbocycles. The summed E-state index contributed by atoms with van der Waals surface area (Å²) in [6.45, 7) is 0. The lowest BCUT2D eigenvalue weighted by Crippen LogP contribution is -2.27. The van der Waals surface area contributed by atoms with Crippen molar-refractivity contribution in [3.8, 4) is 0 Å². The number of benzene rings is 1. The first kappa shape index (κ1) is 15.7. The van der Waals surface area contributed by atoms with E-state index in [9.17, 15) is 4.79 Å². The summed E-state index contributed by atoms with van der Waals surface area (Å²) < 4.78 is 2.31. The second-order valence-corrected chi connectivity index (χ2v) is 7.93. The molecule has 1 heterocycles. The number of hydrogen-bond acceptors (Lipinski definition) is 4. The van der Waals surface area contributed by atoms with Crippen molar-refractivity contribution in [2.24, 2.45) is 0 Å². The molecule has 2 aromatic rings. The van der Waals surface area contributed by atoms with E-state index in [1.54, 1.807) is 19.0 Å². The van der Waals surface area contributed by atoms with Crippen LogP contribution >= 0.6 is 11.8 Å². The fourth-order valence-electron chi connectivity index (χ4n) is 2.89. The molecule has 0 radical (unpaired) electrons. The number of carbonyl (C=O) groups excluding carboxylic acids is 1. The summed E-state index contributed by atoms with van der Waals surface area (Å²) in [6.07, 6.45) is 4.83. The minimum atomic E-state index is -0.282. The van der Waals surface area contributed by atoms with Crippen LogP contribution in [-0.4, -0.2) is 39.7 Å². The zero-order chi connectivity index (χ0) is 16.7. The first-order valence-electron chi connectivity index (χ1n) is 8.52. The molecular weight excluding hydrogens is 320 g/mol. The summed E-state index contributed by atoms with van der Waals surface area (Å²) in [7, 11) is 3.61. The Morgan fingerprint density at radius 2 is 1.88 bits per heavy atom. The molecule has 1 aromatic heterocycles. The standard InChI is InChI=1S/C18H22N4OS/c1-21(2)17(23)15(12-6-4-3-5-7-12)24-18-20-19-16(13-8-9-13)22(18)14-10-11-14/h3-7,13-15H,8-11H2,1-2H3/t15-/m0/s1. The van der Waals surface area contributed by atoms with Crippen LogP contribution in [0.1, 0.15) is 54.3 Å². The van der Waals surface area contributed by atoms with Crippen LogP contribution in [0.25, 0.3) is 0 Å². The van der Waals surface area contributed by atoms with E-state index in [0.29, 0.717) is 12.0 Å². The molecule has 1 atom stereocenters. The fourth-order valence-corrected chi connectivity index (χ4v) is 4.15. The van der Waals surface area contributed by atoms with Crippen molar-refractivity contribution in [2.75, 3.05) is 14.1 Å². The Bertz CT molecular complexity index is 735. The molecule has 5 nitrogen and oxygen atoms in total. The van der Waals surface area contributed by atoms with Gasteiger partial charge in [0.1, 0.15) is 11.1 Å². The largest absolute Gasteiger partial charge is 0.348 e. The van der Waals surface area contributed by atoms with Crippen LogP contribution in [0.4, 0.5) is 0 Å². The molecule has 0 aliphatic heterocycles. The molecule has 126 valence electrons. The average Bonchev–Trinajstić information content (AvgIpc) is 3.51. The molecule has 2 aliphatic carbocycles. The summed E-state index contributed by atoms with van der Waals surface area (Å²) in [5.74, 6) is 1.79. The summed E-state index contributed by atoms with van der Waals surface area (Å²) in [6, 6.07) is 10.5. The van der Waals surface area contributed by atoms with E-state index in [-0.39, 0.29) is 11.2 Å². The Kier molecular flexibility index (Phi) is 4.08. The minimum Gasteiger partial charge on any atom is -0.348 e. The molecule has 4 rings (SSSR count). The van der Waals surface area contributed by atoms with Gasteiger partial charge in [0, 0.05) is 26.1 Å². The van der Waals surface area contributed by atoms with Crippen LogP contribution in [0.5, 0.6) is 0 Å². The van der Waals surface area contributed by atoms with Gasteiger partial charge in [-0.15, -0.1) is 10.2 Å². The monoisotopic (exact) mass is 342 g/mol. The molecule has 2 aliphatic rings. The summed E-state index contributed by atoms with van der Waals surface area (Å²) in [4.78, 5) is 14.4. The topological polar surface area (TPSA) is 51.0 Å². The predicted octanol–water partition coefficient (Wildman–Crippen LogP) is 3.41. The number of amides is 1. The Balaban J connectivity index is 1.66. The zero-order valence-corrected chi connectivity index (χ0v) is 14.9. The highest BCUT2D eigenvalue weighted by molar-refractivity contribution is 8.00. The van der Waals surface area contributed by atoms with Gasteiger partial charge >= 0.3 is 0 Å². The molecule has 0 spiro atoms. The number of hydrogen-bond donors (Lipinski definition) is 0. The molecule has 0 unspecified atom stereocenters. The number of likely N-dealkylation sites (N-methyl/N-ethyl adjacent to an activating group) is 1. The second-order valence-electron chi connectivity index (χ2n) is 6.86. The van der Waals surface area contributed by atoms with Crippen molar-refractivity contribution >= 4 is 17.7 Å². The first-order valence-corrected chi connectivity index (χ1v) is 9.40. The van der Waals surface area contributed by atoms with E-state index >= 15 is 0 Å². The Morgan fingerprint density at radius 1 is 1.17 bits per heavy atom. The van der Waals surface area contributed by atoms with E-state index in [2.05, 4.69) is 14.8 Å². The third kappa shape index (κ3) is 3.07. The lowest BCUT2D eigenvalue weighted by molar-refractivity contribution is -0.128. The number of aromatic nitrogens is 3. The molecule has 0 saturated heterocycles. The molecule has 6 heteroatoms. The smallest absolute Gasteiger partial charge is 0.240 e. The van der Waals surface area contributed by atoms with Gasteiger partial charge in [0.2, 0.25) is 5.91 Å². The average molecular weight is 342 g/mol. The molecular formula is C18H22N4OS. The van der Waals surface area contributed by atoms with Crippen molar-refractivity contribution in [1.82, 2.24) is 19.7 Å². The Labute approximate surface area is 146 Å². The van der Waals surface area contributed by atoms with E-state index in [0.717, 1.165) is 16.5 Å². The SMILES string of the molecule is CN(C)C(=O)[C@@H](Sc1nnc(C2CC2)n1C1CC1)c1ccccc1. The lowest BCUT2D eigenvalue weighted by atomic mass is 10.1. The van der Waals surface area contributed by atoms with Gasteiger partial charge in [0.05, 0.1) is 0 Å². The summed E-state index contributed by atoms with van der Waals surface area (Å²) >= 11 is 1.54. The highest BCUT2D eigenvalue weighted by Gasteiger charge is 2.37. The normalized spacial score (nSPS) is 18.4. The highest BCUT2D eigenvalue weighted by Crippen LogP contribution is 2.47. The van der Waals surface area contributed by atoms with Crippen molar-refractivity contribution in [1.29, 1.82) is 0 Å². The third-order valence-electron chi connectivity index (χ3n) is 4.54. The molecule has 0 bridgehead atoms. The number of nitrogens with zero attached hydrogens (tertiary/aromatic N) is 4. The predicted molar refractivity (Wildman–Crippen MR) is 94.0 cm³/mol. The second kappa shape index (κ2) is 6.24. The van der Waals surface area contributed by atoms with Crippen LogP contribution in [-0.2, 0) is 4.79 Å². The van der Waals surface area contributed by atoms with Crippen molar-refractivity contribution in [3.63, 3.8) is 0 Å². The van der Waals surface area contributed by atoms with Crippen LogP contribution < -0.4 is 0 Å². The fraction of sp³-hybridized carbons (Fsp3) is 0.500. The number of thioether (sulfide) groups is 1. The van der Waals surface area contributed by atoms with Crippen LogP contribution in [0.2, 0.25) is 0 Å². The van der Waals surface area contributed by atoms with E-state index in [4.69, 9.17) is 0 Å². The van der Waals surface area contributed by atoms with Gasteiger partial charge in [0.15, 0.2) is 5.16 Å². The minimum absolute atomic E-state index is 0.0875. The van der Waals surface area contributed by atoms with Gasteiger partial charge in [-0.2, -0.15) is 0 Å². The van der Waals surface area contributed by atoms with E-state index < -0.39 is 0 Å². The quantitative estimate of drug-likeness (QED) is 0.755. The van der Waals surface area contributed by atoms with Crippen molar-refractivity contribution in [3.05, 3.63) is 41.7 Å². The maximum atomic E-state index is 12.7. The molecule has 1 amide bonds. The van der Waals surface area contributed by atoms with Gasteiger partial charge in [-0.3, -0.25) is 4.79 Å². The number of carbonyl (C=O) groups is 1. The summed E-state index contributed by atoms with van der Waals surface area (Å²) in [5.41, 5.74) is 1.01. The van der Waals surface area contributed by atoms with Gasteiger partial charge < -0.3 is 9.47 Å². The molecule has 0 N–H and O–H groups in total. The maximum Gasteiger partial charge on any atom is 0.240 e. The third-order valence-corrected chi connectivity index (χ3v) is 5.73. The molecule has 24 heavy (non-hydrogen) atoms. The van der Waals surface area contributed by atoms with E-state index in [1.165, 1.54) is 37.4 Å². The van der Waals surface area contributed by atoms with Crippen molar-refractivity contribution in [2.45, 2.75) is 48.0 Å². The van der Waals surface area contributed by atoms with Crippen LogP contribution in [0, 0.1) is 0 Å². The van der Waals surface area contributed by atoms with Gasteiger partial charge in [0.25, 0.3) is 0 Å².